The Bertz CT molecular complexity index is 541. The Hall–Kier alpha value is -2.41. The number of aliphatic carboxylic acids is 1. The Morgan fingerprint density at radius 1 is 1.35 bits per heavy atom. The van der Waals surface area contributed by atoms with E-state index in [1.165, 1.54) is 0 Å². The fraction of sp³-hybridized carbons (Fsp3) is 0.308. The molecule has 106 valence electrons. The number of anilines is 1. The molecule has 0 aliphatic carbocycles. The van der Waals surface area contributed by atoms with Crippen LogP contribution in [0.25, 0.3) is 0 Å². The van der Waals surface area contributed by atoms with Crippen molar-refractivity contribution < 1.29 is 19.5 Å². The van der Waals surface area contributed by atoms with E-state index in [2.05, 4.69) is 5.32 Å². The highest BCUT2D eigenvalue weighted by atomic mass is 16.4. The first kappa shape index (κ1) is 14.0. The molecule has 1 heterocycles. The highest BCUT2D eigenvalue weighted by molar-refractivity contribution is 6.05. The Morgan fingerprint density at radius 3 is 2.50 bits per heavy atom. The van der Waals surface area contributed by atoms with Gasteiger partial charge in [-0.2, -0.15) is 0 Å². The van der Waals surface area contributed by atoms with Crippen molar-refractivity contribution >= 4 is 23.6 Å². The standard InChI is InChI=1S/C13H15N3O4/c14-7-8-1-3-9(4-2-8)15-13(20)16-10(5-11(16)17)6-12(18)19/h1-4,10H,5-7,14H2,(H,15,20)(H,18,19). The van der Waals surface area contributed by atoms with Gasteiger partial charge in [0, 0.05) is 18.7 Å². The van der Waals surface area contributed by atoms with Crippen molar-refractivity contribution in [3.8, 4) is 0 Å². The number of carbonyl (C=O) groups excluding carboxylic acids is 2. The second kappa shape index (κ2) is 5.70. The van der Waals surface area contributed by atoms with Crippen LogP contribution in [-0.4, -0.2) is 34.0 Å². The van der Waals surface area contributed by atoms with Gasteiger partial charge in [0.1, 0.15) is 0 Å². The number of urea groups is 1. The molecule has 20 heavy (non-hydrogen) atoms. The van der Waals surface area contributed by atoms with Gasteiger partial charge in [0.2, 0.25) is 5.91 Å². The van der Waals surface area contributed by atoms with Crippen LogP contribution >= 0.6 is 0 Å². The Kier molecular flexibility index (Phi) is 3.99. The number of hydrogen-bond donors (Lipinski definition) is 3. The number of benzene rings is 1. The average molecular weight is 277 g/mol. The van der Waals surface area contributed by atoms with E-state index in [-0.39, 0.29) is 18.7 Å². The zero-order valence-corrected chi connectivity index (χ0v) is 10.7. The largest absolute Gasteiger partial charge is 0.481 e. The normalized spacial score (nSPS) is 17.6. The molecule has 2 rings (SSSR count). The van der Waals surface area contributed by atoms with E-state index in [0.29, 0.717) is 12.2 Å². The van der Waals surface area contributed by atoms with Crippen molar-refractivity contribution in [1.82, 2.24) is 4.90 Å². The molecule has 1 fully saturated rings. The van der Waals surface area contributed by atoms with Crippen LogP contribution < -0.4 is 11.1 Å². The highest BCUT2D eigenvalue weighted by Gasteiger charge is 2.41. The maximum absolute atomic E-state index is 11.9. The van der Waals surface area contributed by atoms with Gasteiger partial charge in [-0.05, 0) is 17.7 Å². The number of nitrogens with zero attached hydrogens (tertiary/aromatic N) is 1. The molecule has 0 spiro atoms. The molecule has 0 saturated carbocycles. The average Bonchev–Trinajstić information content (AvgIpc) is 2.38. The van der Waals surface area contributed by atoms with E-state index in [0.717, 1.165) is 10.5 Å². The molecule has 1 aromatic carbocycles. The van der Waals surface area contributed by atoms with Crippen LogP contribution in [0.4, 0.5) is 10.5 Å². The van der Waals surface area contributed by atoms with Gasteiger partial charge in [-0.3, -0.25) is 14.5 Å². The summed E-state index contributed by atoms with van der Waals surface area (Å²) in [5, 5.41) is 11.3. The van der Waals surface area contributed by atoms with Gasteiger partial charge in [0.15, 0.2) is 0 Å². The lowest BCUT2D eigenvalue weighted by Gasteiger charge is -2.37. The quantitative estimate of drug-likeness (QED) is 0.703. The molecule has 7 nitrogen and oxygen atoms in total. The molecule has 1 unspecified atom stereocenters. The van der Waals surface area contributed by atoms with Gasteiger partial charge in [0.05, 0.1) is 12.5 Å². The third kappa shape index (κ3) is 2.94. The van der Waals surface area contributed by atoms with Crippen molar-refractivity contribution in [2.75, 3.05) is 5.32 Å². The topological polar surface area (TPSA) is 113 Å². The number of likely N-dealkylation sites (tertiary alicyclic amines) is 1. The molecule has 3 amide bonds. The van der Waals surface area contributed by atoms with Crippen LogP contribution in [0, 0.1) is 0 Å². The number of carbonyl (C=O) groups is 3. The molecule has 1 saturated heterocycles. The number of nitrogens with one attached hydrogen (secondary N) is 1. The van der Waals surface area contributed by atoms with Crippen LogP contribution in [0.3, 0.4) is 0 Å². The van der Waals surface area contributed by atoms with Crippen molar-refractivity contribution in [1.29, 1.82) is 0 Å². The number of amides is 3. The first-order valence-electron chi connectivity index (χ1n) is 6.15. The van der Waals surface area contributed by atoms with Crippen molar-refractivity contribution in [3.05, 3.63) is 29.8 Å². The van der Waals surface area contributed by atoms with Crippen LogP contribution in [-0.2, 0) is 16.1 Å². The van der Waals surface area contributed by atoms with Crippen molar-refractivity contribution in [3.63, 3.8) is 0 Å². The molecule has 1 aliphatic heterocycles. The highest BCUT2D eigenvalue weighted by Crippen LogP contribution is 2.23. The predicted octanol–water partition coefficient (Wildman–Crippen LogP) is 0.753. The summed E-state index contributed by atoms with van der Waals surface area (Å²) in [6, 6.07) is 5.72. The van der Waals surface area contributed by atoms with Crippen molar-refractivity contribution in [2.24, 2.45) is 5.73 Å². The van der Waals surface area contributed by atoms with Crippen molar-refractivity contribution in [2.45, 2.75) is 25.4 Å². The molecule has 0 radical (unpaired) electrons. The number of hydrogen-bond acceptors (Lipinski definition) is 4. The smallest absolute Gasteiger partial charge is 0.328 e. The summed E-state index contributed by atoms with van der Waals surface area (Å²) >= 11 is 0. The monoisotopic (exact) mass is 277 g/mol. The van der Waals surface area contributed by atoms with E-state index in [1.54, 1.807) is 24.3 Å². The molecule has 0 aromatic heterocycles. The lowest BCUT2D eigenvalue weighted by molar-refractivity contribution is -0.146. The van der Waals surface area contributed by atoms with Crippen LogP contribution in [0.15, 0.2) is 24.3 Å². The number of rotatable bonds is 4. The minimum Gasteiger partial charge on any atom is -0.481 e. The van der Waals surface area contributed by atoms with E-state index >= 15 is 0 Å². The van der Waals surface area contributed by atoms with Crippen LogP contribution in [0.2, 0.25) is 0 Å². The summed E-state index contributed by atoms with van der Waals surface area (Å²) in [5.41, 5.74) is 6.92. The molecule has 1 atom stereocenters. The Balaban J connectivity index is 1.99. The van der Waals surface area contributed by atoms with E-state index in [4.69, 9.17) is 10.8 Å². The maximum Gasteiger partial charge on any atom is 0.328 e. The third-order valence-corrected chi connectivity index (χ3v) is 3.11. The molecule has 1 aliphatic rings. The first-order valence-corrected chi connectivity index (χ1v) is 6.15. The van der Waals surface area contributed by atoms with Gasteiger partial charge in [-0.1, -0.05) is 12.1 Å². The maximum atomic E-state index is 11.9. The SMILES string of the molecule is NCc1ccc(NC(=O)N2C(=O)CC2CC(=O)O)cc1. The van der Waals surface area contributed by atoms with Gasteiger partial charge < -0.3 is 16.2 Å². The summed E-state index contributed by atoms with van der Waals surface area (Å²) in [5.74, 6) is -1.40. The molecule has 7 heteroatoms. The van der Waals surface area contributed by atoms with Crippen LogP contribution in [0.1, 0.15) is 18.4 Å². The van der Waals surface area contributed by atoms with Gasteiger partial charge in [-0.25, -0.2) is 4.79 Å². The summed E-state index contributed by atoms with van der Waals surface area (Å²) < 4.78 is 0. The minimum absolute atomic E-state index is 0.0891. The van der Waals surface area contributed by atoms with E-state index in [9.17, 15) is 14.4 Å². The molecular weight excluding hydrogens is 262 g/mol. The first-order chi connectivity index (χ1) is 9.51. The zero-order valence-electron chi connectivity index (χ0n) is 10.7. The summed E-state index contributed by atoms with van der Waals surface area (Å²) in [6.45, 7) is 0.402. The molecule has 4 N–H and O–H groups in total. The molecule has 1 aromatic rings. The Morgan fingerprint density at radius 2 is 2.00 bits per heavy atom. The second-order valence-corrected chi connectivity index (χ2v) is 4.55. The summed E-state index contributed by atoms with van der Waals surface area (Å²) in [4.78, 5) is 34.9. The van der Waals surface area contributed by atoms with Gasteiger partial charge >= 0.3 is 12.0 Å². The predicted molar refractivity (Wildman–Crippen MR) is 70.9 cm³/mol. The van der Waals surface area contributed by atoms with Crippen LogP contribution in [0.5, 0.6) is 0 Å². The van der Waals surface area contributed by atoms with E-state index in [1.807, 2.05) is 0 Å². The molecular formula is C13H15N3O4. The fourth-order valence-corrected chi connectivity index (χ4v) is 2.03. The second-order valence-electron chi connectivity index (χ2n) is 4.55. The molecule has 0 bridgehead atoms. The Labute approximate surface area is 115 Å². The lowest BCUT2D eigenvalue weighted by Crippen LogP contribution is -2.57. The number of carboxylic acids is 1. The van der Waals surface area contributed by atoms with Gasteiger partial charge in [0.25, 0.3) is 0 Å². The van der Waals surface area contributed by atoms with E-state index < -0.39 is 18.0 Å². The van der Waals surface area contributed by atoms with Gasteiger partial charge in [-0.15, -0.1) is 0 Å². The fourth-order valence-electron chi connectivity index (χ4n) is 2.03. The number of nitrogens with two attached hydrogens (primary N) is 1. The summed E-state index contributed by atoms with van der Waals surface area (Å²) in [7, 11) is 0. The third-order valence-electron chi connectivity index (χ3n) is 3.11. The zero-order chi connectivity index (χ0) is 14.7. The number of carboxylic acid groups (broad SMARTS) is 1. The number of imide groups is 1. The number of β-lactam (4-membered cyclic amide) rings is 1. The summed E-state index contributed by atoms with van der Waals surface area (Å²) in [6.07, 6.45) is -0.142. The lowest BCUT2D eigenvalue weighted by atomic mass is 9.99. The minimum atomic E-state index is -1.03.